The van der Waals surface area contributed by atoms with Crippen molar-refractivity contribution < 1.29 is 14.3 Å². The summed E-state index contributed by atoms with van der Waals surface area (Å²) in [4.78, 5) is 13.1. The summed E-state index contributed by atoms with van der Waals surface area (Å²) < 4.78 is 10.8. The van der Waals surface area contributed by atoms with E-state index in [-0.39, 0.29) is 5.91 Å². The first-order chi connectivity index (χ1) is 13.4. The summed E-state index contributed by atoms with van der Waals surface area (Å²) in [5.41, 5.74) is 2.58. The first kappa shape index (κ1) is 20.0. The van der Waals surface area contributed by atoms with Crippen LogP contribution in [0.3, 0.4) is 0 Å². The number of anilines is 1. The number of methoxy groups -OCH3 is 2. The average Bonchev–Trinajstić information content (AvgIpc) is 2.68. The zero-order chi connectivity index (χ0) is 20.3. The maximum atomic E-state index is 13.1. The SMILES string of the molecule is COc1ccc(C2NC(=S)NC(C)=C2C(=O)Nc2ccc(Cl)cc2)c(OC)c1. The molecule has 6 nitrogen and oxygen atoms in total. The highest BCUT2D eigenvalue weighted by molar-refractivity contribution is 7.80. The van der Waals surface area contributed by atoms with Crippen LogP contribution in [0.4, 0.5) is 5.69 Å². The van der Waals surface area contributed by atoms with Gasteiger partial charge in [0.1, 0.15) is 11.5 Å². The number of hydrogen-bond donors (Lipinski definition) is 3. The Morgan fingerprint density at radius 3 is 2.50 bits per heavy atom. The number of ether oxygens (including phenoxy) is 2. The van der Waals surface area contributed by atoms with E-state index in [0.29, 0.717) is 38.6 Å². The van der Waals surface area contributed by atoms with E-state index in [4.69, 9.17) is 33.3 Å². The molecule has 0 spiro atoms. The molecule has 1 unspecified atom stereocenters. The van der Waals surface area contributed by atoms with Crippen molar-refractivity contribution in [2.75, 3.05) is 19.5 Å². The number of carbonyl (C=O) groups is 1. The molecular formula is C20H20ClN3O3S. The van der Waals surface area contributed by atoms with Crippen molar-refractivity contribution in [2.45, 2.75) is 13.0 Å². The van der Waals surface area contributed by atoms with E-state index in [1.807, 2.05) is 19.1 Å². The second kappa shape index (κ2) is 8.50. The fourth-order valence-corrected chi connectivity index (χ4v) is 3.41. The lowest BCUT2D eigenvalue weighted by Gasteiger charge is -2.31. The molecule has 0 aliphatic carbocycles. The van der Waals surface area contributed by atoms with E-state index < -0.39 is 6.04 Å². The number of carbonyl (C=O) groups excluding carboxylic acids is 1. The molecule has 1 aliphatic heterocycles. The van der Waals surface area contributed by atoms with Crippen LogP contribution in [0.2, 0.25) is 5.02 Å². The van der Waals surface area contributed by atoms with E-state index >= 15 is 0 Å². The highest BCUT2D eigenvalue weighted by Crippen LogP contribution is 2.35. The second-order valence-electron chi connectivity index (χ2n) is 6.14. The van der Waals surface area contributed by atoms with E-state index in [1.165, 1.54) is 0 Å². The number of benzene rings is 2. The fraction of sp³-hybridized carbons (Fsp3) is 0.200. The van der Waals surface area contributed by atoms with Gasteiger partial charge in [-0.2, -0.15) is 0 Å². The van der Waals surface area contributed by atoms with Crippen LogP contribution >= 0.6 is 23.8 Å². The molecule has 2 aromatic carbocycles. The highest BCUT2D eigenvalue weighted by atomic mass is 35.5. The van der Waals surface area contributed by atoms with E-state index in [2.05, 4.69) is 16.0 Å². The van der Waals surface area contributed by atoms with Gasteiger partial charge in [0.2, 0.25) is 0 Å². The number of hydrogen-bond acceptors (Lipinski definition) is 4. The van der Waals surface area contributed by atoms with Crippen LogP contribution in [0.5, 0.6) is 11.5 Å². The Balaban J connectivity index is 1.99. The molecule has 3 N–H and O–H groups in total. The molecule has 0 bridgehead atoms. The van der Waals surface area contributed by atoms with Crippen molar-refractivity contribution in [3.8, 4) is 11.5 Å². The van der Waals surface area contributed by atoms with Crippen LogP contribution in [0.1, 0.15) is 18.5 Å². The molecule has 3 rings (SSSR count). The largest absolute Gasteiger partial charge is 0.497 e. The summed E-state index contributed by atoms with van der Waals surface area (Å²) in [5, 5.41) is 10.1. The Kier molecular flexibility index (Phi) is 6.06. The molecule has 1 amide bonds. The average molecular weight is 418 g/mol. The van der Waals surface area contributed by atoms with Crippen molar-refractivity contribution in [2.24, 2.45) is 0 Å². The number of amides is 1. The third-order valence-electron chi connectivity index (χ3n) is 4.37. The van der Waals surface area contributed by atoms with Gasteiger partial charge in [-0.15, -0.1) is 0 Å². The Labute approximate surface area is 173 Å². The molecule has 28 heavy (non-hydrogen) atoms. The standard InChI is InChI=1S/C20H20ClN3O3S/c1-11-17(19(25)23-13-6-4-12(21)5-7-13)18(24-20(28)22-11)15-9-8-14(26-2)10-16(15)27-3/h4-10,18H,1-3H3,(H,23,25)(H2,22,24,28). The maximum absolute atomic E-state index is 13.1. The summed E-state index contributed by atoms with van der Waals surface area (Å²) in [6, 6.07) is 11.9. The fourth-order valence-electron chi connectivity index (χ4n) is 3.02. The van der Waals surface area contributed by atoms with Gasteiger partial charge < -0.3 is 25.4 Å². The van der Waals surface area contributed by atoms with Gasteiger partial charge in [-0.1, -0.05) is 11.6 Å². The zero-order valence-electron chi connectivity index (χ0n) is 15.6. The van der Waals surface area contributed by atoms with Crippen LogP contribution in [0.25, 0.3) is 0 Å². The molecule has 0 saturated heterocycles. The van der Waals surface area contributed by atoms with Crippen LogP contribution in [0.15, 0.2) is 53.7 Å². The van der Waals surface area contributed by atoms with Crippen LogP contribution < -0.4 is 25.4 Å². The third kappa shape index (κ3) is 4.21. The van der Waals surface area contributed by atoms with Gasteiger partial charge >= 0.3 is 0 Å². The summed E-state index contributed by atoms with van der Waals surface area (Å²) >= 11 is 11.2. The first-order valence-electron chi connectivity index (χ1n) is 8.50. The summed E-state index contributed by atoms with van der Waals surface area (Å²) in [5.74, 6) is 0.987. The molecule has 8 heteroatoms. The highest BCUT2D eigenvalue weighted by Gasteiger charge is 2.32. The van der Waals surface area contributed by atoms with Gasteiger partial charge in [-0.3, -0.25) is 4.79 Å². The molecule has 0 radical (unpaired) electrons. The number of nitrogens with one attached hydrogen (secondary N) is 3. The lowest BCUT2D eigenvalue weighted by molar-refractivity contribution is -0.113. The quantitative estimate of drug-likeness (QED) is 0.643. The molecule has 0 saturated carbocycles. The molecule has 0 fully saturated rings. The van der Waals surface area contributed by atoms with E-state index in [9.17, 15) is 4.79 Å². The Morgan fingerprint density at radius 1 is 1.14 bits per heavy atom. The van der Waals surface area contributed by atoms with E-state index in [1.54, 1.807) is 44.6 Å². The summed E-state index contributed by atoms with van der Waals surface area (Å²) in [6.45, 7) is 1.81. The number of allylic oxidation sites excluding steroid dienone is 1. The Bertz CT molecular complexity index is 944. The van der Waals surface area contributed by atoms with Gasteiger partial charge in [-0.25, -0.2) is 0 Å². The molecule has 1 aliphatic rings. The predicted molar refractivity (Wildman–Crippen MR) is 114 cm³/mol. The Hall–Kier alpha value is -2.77. The van der Waals surface area contributed by atoms with Crippen molar-refractivity contribution in [3.05, 3.63) is 64.3 Å². The molecule has 146 valence electrons. The van der Waals surface area contributed by atoms with Crippen molar-refractivity contribution in [1.29, 1.82) is 0 Å². The van der Waals surface area contributed by atoms with Gasteiger partial charge in [0.05, 0.1) is 25.8 Å². The smallest absolute Gasteiger partial charge is 0.255 e. The van der Waals surface area contributed by atoms with Gasteiger partial charge in [0.25, 0.3) is 5.91 Å². The van der Waals surface area contributed by atoms with Gasteiger partial charge in [0.15, 0.2) is 5.11 Å². The minimum Gasteiger partial charge on any atom is -0.497 e. The molecule has 2 aromatic rings. The molecule has 1 atom stereocenters. The van der Waals surface area contributed by atoms with Gasteiger partial charge in [0, 0.05) is 28.0 Å². The van der Waals surface area contributed by atoms with Gasteiger partial charge in [-0.05, 0) is 55.5 Å². The topological polar surface area (TPSA) is 71.6 Å². The monoisotopic (exact) mass is 417 g/mol. The predicted octanol–water partition coefficient (Wildman–Crippen LogP) is 3.79. The minimum absolute atomic E-state index is 0.259. The van der Waals surface area contributed by atoms with Crippen molar-refractivity contribution in [3.63, 3.8) is 0 Å². The maximum Gasteiger partial charge on any atom is 0.255 e. The summed E-state index contributed by atoms with van der Waals surface area (Å²) in [7, 11) is 3.16. The van der Waals surface area contributed by atoms with Crippen LogP contribution in [-0.4, -0.2) is 25.2 Å². The van der Waals surface area contributed by atoms with Crippen LogP contribution in [-0.2, 0) is 4.79 Å². The first-order valence-corrected chi connectivity index (χ1v) is 9.28. The lowest BCUT2D eigenvalue weighted by Crippen LogP contribution is -2.45. The Morgan fingerprint density at radius 2 is 1.86 bits per heavy atom. The van der Waals surface area contributed by atoms with Crippen molar-refractivity contribution >= 4 is 40.5 Å². The summed E-state index contributed by atoms with van der Waals surface area (Å²) in [6.07, 6.45) is 0. The number of halogens is 1. The molecular weight excluding hydrogens is 398 g/mol. The number of thiocarbonyl (C=S) groups is 1. The molecule has 1 heterocycles. The van der Waals surface area contributed by atoms with E-state index in [0.717, 1.165) is 5.56 Å². The normalized spacial score (nSPS) is 16.1. The zero-order valence-corrected chi connectivity index (χ0v) is 17.2. The third-order valence-corrected chi connectivity index (χ3v) is 4.84. The number of rotatable bonds is 5. The second-order valence-corrected chi connectivity index (χ2v) is 6.98. The lowest BCUT2D eigenvalue weighted by atomic mass is 9.94. The van der Waals surface area contributed by atoms with Crippen LogP contribution in [0, 0.1) is 0 Å². The molecule has 0 aromatic heterocycles. The minimum atomic E-state index is -0.484. The van der Waals surface area contributed by atoms with Crippen molar-refractivity contribution in [1.82, 2.24) is 10.6 Å².